The smallest absolute Gasteiger partial charge is 0.254 e. The lowest BCUT2D eigenvalue weighted by molar-refractivity contribution is 0.0611. The maximum Gasteiger partial charge on any atom is 0.254 e. The lowest BCUT2D eigenvalue weighted by Crippen LogP contribution is -2.45. The van der Waals surface area contributed by atoms with Crippen LogP contribution in [0.2, 0.25) is 0 Å². The summed E-state index contributed by atoms with van der Waals surface area (Å²) in [7, 11) is 0. The molecule has 4 rings (SSSR count). The number of H-pyrrole nitrogens is 1. The highest BCUT2D eigenvalue weighted by Crippen LogP contribution is 2.30. The van der Waals surface area contributed by atoms with Crippen molar-refractivity contribution in [1.82, 2.24) is 15.2 Å². The molecule has 1 amide bonds. The Morgan fingerprint density at radius 1 is 1.13 bits per heavy atom. The van der Waals surface area contributed by atoms with Gasteiger partial charge in [-0.3, -0.25) is 4.79 Å². The molecule has 2 aromatic rings. The number of nitrogens with one attached hydrogen (secondary N) is 2. The molecule has 2 unspecified atom stereocenters. The fourth-order valence-electron chi connectivity index (χ4n) is 4.30. The molecular formula is C19H25N3O. The van der Waals surface area contributed by atoms with Gasteiger partial charge in [0.15, 0.2) is 0 Å². The Bertz CT molecular complexity index is 687. The maximum absolute atomic E-state index is 13.0. The number of hydrogen-bond acceptors (Lipinski definition) is 2. The fraction of sp³-hybridized carbons (Fsp3) is 0.526. The number of hydrogen-bond donors (Lipinski definition) is 2. The van der Waals surface area contributed by atoms with Crippen molar-refractivity contribution >= 4 is 16.8 Å². The molecule has 1 aromatic carbocycles. The van der Waals surface area contributed by atoms with E-state index in [4.69, 9.17) is 0 Å². The molecule has 0 radical (unpaired) electrons. The van der Waals surface area contributed by atoms with Crippen molar-refractivity contribution in [3.8, 4) is 0 Å². The Hall–Kier alpha value is -1.81. The van der Waals surface area contributed by atoms with Crippen LogP contribution in [0.5, 0.6) is 0 Å². The van der Waals surface area contributed by atoms with Gasteiger partial charge in [0, 0.05) is 35.8 Å². The molecule has 3 heterocycles. The van der Waals surface area contributed by atoms with Crippen molar-refractivity contribution in [2.24, 2.45) is 11.8 Å². The van der Waals surface area contributed by atoms with Gasteiger partial charge in [0.25, 0.3) is 5.91 Å². The molecule has 2 atom stereocenters. The van der Waals surface area contributed by atoms with Crippen LogP contribution in [0, 0.1) is 11.8 Å². The molecular weight excluding hydrogens is 286 g/mol. The lowest BCUT2D eigenvalue weighted by Gasteiger charge is -2.38. The van der Waals surface area contributed by atoms with Crippen molar-refractivity contribution in [2.75, 3.05) is 26.2 Å². The summed E-state index contributed by atoms with van der Waals surface area (Å²) in [5.74, 6) is 1.59. The number of aromatic nitrogens is 1. The second kappa shape index (κ2) is 6.36. The fourth-order valence-corrected chi connectivity index (χ4v) is 4.30. The Kier molecular flexibility index (Phi) is 4.08. The van der Waals surface area contributed by atoms with Crippen LogP contribution in [-0.2, 0) is 0 Å². The minimum atomic E-state index is 0.198. The molecule has 0 spiro atoms. The number of carbonyl (C=O) groups is 1. The zero-order valence-electron chi connectivity index (χ0n) is 13.6. The normalized spacial score (nSPS) is 25.7. The number of fused-ring (bicyclic) bond motifs is 1. The van der Waals surface area contributed by atoms with Crippen molar-refractivity contribution in [2.45, 2.75) is 25.7 Å². The summed E-state index contributed by atoms with van der Waals surface area (Å²) in [6, 6.07) is 7.97. The highest BCUT2D eigenvalue weighted by atomic mass is 16.2. The highest BCUT2D eigenvalue weighted by Gasteiger charge is 2.31. The minimum absolute atomic E-state index is 0.198. The first-order chi connectivity index (χ1) is 11.3. The van der Waals surface area contributed by atoms with Crippen molar-refractivity contribution in [1.29, 1.82) is 0 Å². The number of benzene rings is 1. The molecule has 0 saturated carbocycles. The third-order valence-corrected chi connectivity index (χ3v) is 5.57. The summed E-state index contributed by atoms with van der Waals surface area (Å²) >= 11 is 0. The Morgan fingerprint density at radius 2 is 2.04 bits per heavy atom. The predicted octanol–water partition coefficient (Wildman–Crippen LogP) is 3.02. The van der Waals surface area contributed by atoms with E-state index in [1.54, 1.807) is 0 Å². The lowest BCUT2D eigenvalue weighted by atomic mass is 9.81. The minimum Gasteiger partial charge on any atom is -0.361 e. The molecule has 4 nitrogen and oxygen atoms in total. The van der Waals surface area contributed by atoms with Crippen LogP contribution in [-0.4, -0.2) is 42.0 Å². The van der Waals surface area contributed by atoms with Gasteiger partial charge in [0.2, 0.25) is 0 Å². The van der Waals surface area contributed by atoms with E-state index in [2.05, 4.69) is 15.2 Å². The van der Waals surface area contributed by atoms with E-state index in [9.17, 15) is 4.79 Å². The van der Waals surface area contributed by atoms with Gasteiger partial charge in [-0.2, -0.15) is 0 Å². The number of piperidine rings is 2. The Balaban J connectivity index is 1.52. The topological polar surface area (TPSA) is 48.1 Å². The number of aromatic amines is 1. The second-order valence-corrected chi connectivity index (χ2v) is 7.00. The van der Waals surface area contributed by atoms with Crippen LogP contribution in [0.4, 0.5) is 0 Å². The first kappa shape index (κ1) is 14.8. The molecule has 122 valence electrons. The largest absolute Gasteiger partial charge is 0.361 e. The van der Waals surface area contributed by atoms with Crippen LogP contribution < -0.4 is 5.32 Å². The molecule has 0 aliphatic carbocycles. The SMILES string of the molecule is O=C(c1cccc2[nH]ccc12)N1CCCC(C2CCCNC2)C1. The summed E-state index contributed by atoms with van der Waals surface area (Å²) in [4.78, 5) is 18.3. The zero-order chi connectivity index (χ0) is 15.6. The first-order valence-electron chi connectivity index (χ1n) is 8.89. The molecule has 2 fully saturated rings. The third-order valence-electron chi connectivity index (χ3n) is 5.57. The van der Waals surface area contributed by atoms with Crippen LogP contribution in [0.3, 0.4) is 0 Å². The van der Waals surface area contributed by atoms with Crippen molar-refractivity contribution < 1.29 is 4.79 Å². The van der Waals surface area contributed by atoms with Gasteiger partial charge in [-0.25, -0.2) is 0 Å². The molecule has 2 aliphatic rings. The van der Waals surface area contributed by atoms with Crippen LogP contribution in [0.25, 0.3) is 10.9 Å². The maximum atomic E-state index is 13.0. The molecule has 2 saturated heterocycles. The number of carbonyl (C=O) groups excluding carboxylic acids is 1. The van der Waals surface area contributed by atoms with Gasteiger partial charge in [0.1, 0.15) is 0 Å². The quantitative estimate of drug-likeness (QED) is 0.895. The van der Waals surface area contributed by atoms with Gasteiger partial charge >= 0.3 is 0 Å². The number of rotatable bonds is 2. The van der Waals surface area contributed by atoms with E-state index >= 15 is 0 Å². The van der Waals surface area contributed by atoms with E-state index in [-0.39, 0.29) is 5.91 Å². The van der Waals surface area contributed by atoms with Crippen LogP contribution in [0.1, 0.15) is 36.0 Å². The third kappa shape index (κ3) is 2.88. The standard InChI is InChI=1S/C19H25N3O/c23-19(17-6-1-7-18-16(17)8-10-21-18)22-11-3-5-15(13-22)14-4-2-9-20-12-14/h1,6-8,10,14-15,20-21H,2-5,9,11-13H2. The summed E-state index contributed by atoms with van der Waals surface area (Å²) in [5.41, 5.74) is 1.88. The van der Waals surface area contributed by atoms with E-state index < -0.39 is 0 Å². The highest BCUT2D eigenvalue weighted by molar-refractivity contribution is 6.06. The number of nitrogens with zero attached hydrogens (tertiary/aromatic N) is 1. The zero-order valence-corrected chi connectivity index (χ0v) is 13.6. The van der Waals surface area contributed by atoms with E-state index in [0.717, 1.165) is 55.0 Å². The van der Waals surface area contributed by atoms with E-state index in [0.29, 0.717) is 5.92 Å². The number of likely N-dealkylation sites (tertiary alicyclic amines) is 1. The molecule has 0 bridgehead atoms. The molecule has 4 heteroatoms. The average molecular weight is 311 g/mol. The molecule has 23 heavy (non-hydrogen) atoms. The monoisotopic (exact) mass is 311 g/mol. The van der Waals surface area contributed by atoms with Crippen molar-refractivity contribution in [3.05, 3.63) is 36.0 Å². The van der Waals surface area contributed by atoms with Crippen molar-refractivity contribution in [3.63, 3.8) is 0 Å². The van der Waals surface area contributed by atoms with E-state index in [1.807, 2.05) is 30.5 Å². The van der Waals surface area contributed by atoms with Gasteiger partial charge in [-0.15, -0.1) is 0 Å². The second-order valence-electron chi connectivity index (χ2n) is 7.00. The summed E-state index contributed by atoms with van der Waals surface area (Å²) in [6.07, 6.45) is 6.90. The van der Waals surface area contributed by atoms with Gasteiger partial charge in [-0.1, -0.05) is 6.07 Å². The molecule has 1 aromatic heterocycles. The first-order valence-corrected chi connectivity index (χ1v) is 8.89. The van der Waals surface area contributed by atoms with Gasteiger partial charge in [-0.05, 0) is 68.8 Å². The predicted molar refractivity (Wildman–Crippen MR) is 92.5 cm³/mol. The Labute approximate surface area is 137 Å². The summed E-state index contributed by atoms with van der Waals surface area (Å²) in [6.45, 7) is 4.10. The van der Waals surface area contributed by atoms with Crippen LogP contribution >= 0.6 is 0 Å². The van der Waals surface area contributed by atoms with Gasteiger partial charge < -0.3 is 15.2 Å². The van der Waals surface area contributed by atoms with Crippen LogP contribution in [0.15, 0.2) is 30.5 Å². The molecule has 2 aliphatic heterocycles. The Morgan fingerprint density at radius 3 is 2.91 bits per heavy atom. The summed E-state index contributed by atoms with van der Waals surface area (Å²) in [5, 5.41) is 4.56. The average Bonchev–Trinajstić information content (AvgIpc) is 3.11. The molecule has 2 N–H and O–H groups in total. The van der Waals surface area contributed by atoms with E-state index in [1.165, 1.54) is 19.3 Å². The van der Waals surface area contributed by atoms with Gasteiger partial charge in [0.05, 0.1) is 0 Å². The number of amides is 1. The summed E-state index contributed by atoms with van der Waals surface area (Å²) < 4.78 is 0.